The second kappa shape index (κ2) is 4.52. The molecule has 0 N–H and O–H groups in total. The molecule has 4 heteroatoms. The molecule has 0 bridgehead atoms. The number of carbonyl (C=O) groups excluding carboxylic acids is 1. The number of carbonyl (C=O) groups is 1. The standard InChI is InChI=1S/C17H21ClN2O/c1-9-12-6-5-11-14(17(12,2)8-7-13(9)21)19-16(10-3-4-10)20-15(11)18/h9-10,12H,3-8H2,1-2H3/t9-,12-,17-/m0/s1. The van der Waals surface area contributed by atoms with Crippen molar-refractivity contribution in [1.29, 1.82) is 0 Å². The average molecular weight is 305 g/mol. The van der Waals surface area contributed by atoms with Crippen molar-refractivity contribution in [2.24, 2.45) is 11.8 Å². The van der Waals surface area contributed by atoms with Crippen molar-refractivity contribution in [3.05, 3.63) is 22.2 Å². The molecule has 0 unspecified atom stereocenters. The number of rotatable bonds is 1. The first-order valence-corrected chi connectivity index (χ1v) is 8.48. The van der Waals surface area contributed by atoms with E-state index >= 15 is 0 Å². The highest BCUT2D eigenvalue weighted by Gasteiger charge is 2.49. The second-order valence-electron chi connectivity index (χ2n) is 7.29. The number of ketones is 1. The van der Waals surface area contributed by atoms with Gasteiger partial charge in [0.15, 0.2) is 0 Å². The van der Waals surface area contributed by atoms with Crippen LogP contribution in [0.3, 0.4) is 0 Å². The summed E-state index contributed by atoms with van der Waals surface area (Å²) in [6.07, 6.45) is 5.90. The van der Waals surface area contributed by atoms with E-state index in [2.05, 4.69) is 18.8 Å². The van der Waals surface area contributed by atoms with Crippen LogP contribution in [0.4, 0.5) is 0 Å². The van der Waals surface area contributed by atoms with Gasteiger partial charge in [0.25, 0.3) is 0 Å². The molecule has 0 radical (unpaired) electrons. The maximum absolute atomic E-state index is 12.1. The molecule has 112 valence electrons. The predicted molar refractivity (Wildman–Crippen MR) is 81.6 cm³/mol. The second-order valence-corrected chi connectivity index (χ2v) is 7.65. The molecule has 0 saturated heterocycles. The molecule has 4 rings (SSSR count). The van der Waals surface area contributed by atoms with Crippen molar-refractivity contribution in [2.75, 3.05) is 0 Å². The van der Waals surface area contributed by atoms with E-state index in [1.807, 2.05) is 0 Å². The summed E-state index contributed by atoms with van der Waals surface area (Å²) in [5, 5.41) is 0.658. The van der Waals surface area contributed by atoms with Crippen LogP contribution < -0.4 is 0 Å². The Hall–Kier alpha value is -0.960. The van der Waals surface area contributed by atoms with Gasteiger partial charge >= 0.3 is 0 Å². The highest BCUT2D eigenvalue weighted by molar-refractivity contribution is 6.30. The summed E-state index contributed by atoms with van der Waals surface area (Å²) in [7, 11) is 0. The summed E-state index contributed by atoms with van der Waals surface area (Å²) in [5.74, 6) is 2.42. The van der Waals surface area contributed by atoms with Gasteiger partial charge in [-0.05, 0) is 38.0 Å². The lowest BCUT2D eigenvalue weighted by Crippen LogP contribution is -2.47. The van der Waals surface area contributed by atoms with Gasteiger partial charge in [0.2, 0.25) is 0 Å². The molecule has 1 heterocycles. The van der Waals surface area contributed by atoms with Crippen molar-refractivity contribution in [2.45, 2.75) is 63.7 Å². The molecular weight excluding hydrogens is 284 g/mol. The van der Waals surface area contributed by atoms with E-state index in [0.29, 0.717) is 29.2 Å². The van der Waals surface area contributed by atoms with E-state index in [1.54, 1.807) is 0 Å². The molecule has 21 heavy (non-hydrogen) atoms. The normalized spacial score (nSPS) is 35.3. The average Bonchev–Trinajstić information content (AvgIpc) is 3.28. The molecule has 3 aliphatic rings. The molecule has 0 aliphatic heterocycles. The highest BCUT2D eigenvalue weighted by atomic mass is 35.5. The van der Waals surface area contributed by atoms with E-state index in [9.17, 15) is 4.79 Å². The molecule has 2 fully saturated rings. The first-order valence-electron chi connectivity index (χ1n) is 8.10. The summed E-state index contributed by atoms with van der Waals surface area (Å²) in [4.78, 5) is 21.6. The van der Waals surface area contributed by atoms with Gasteiger partial charge in [-0.1, -0.05) is 25.4 Å². The van der Waals surface area contributed by atoms with E-state index < -0.39 is 0 Å². The Labute approximate surface area is 130 Å². The number of Topliss-reactive ketones (excluding diaryl/α,β-unsaturated/α-hetero) is 1. The van der Waals surface area contributed by atoms with Crippen LogP contribution in [0.25, 0.3) is 0 Å². The van der Waals surface area contributed by atoms with Crippen LogP contribution >= 0.6 is 11.6 Å². The Bertz CT molecular complexity index is 625. The third-order valence-electron chi connectivity index (χ3n) is 5.98. The van der Waals surface area contributed by atoms with Gasteiger partial charge in [-0.15, -0.1) is 0 Å². The Morgan fingerprint density at radius 3 is 2.67 bits per heavy atom. The van der Waals surface area contributed by atoms with Crippen molar-refractivity contribution >= 4 is 17.4 Å². The van der Waals surface area contributed by atoms with Gasteiger partial charge in [0, 0.05) is 29.2 Å². The lowest BCUT2D eigenvalue weighted by atomic mass is 9.56. The van der Waals surface area contributed by atoms with Gasteiger partial charge in [-0.2, -0.15) is 0 Å². The molecule has 3 nitrogen and oxygen atoms in total. The van der Waals surface area contributed by atoms with Gasteiger partial charge in [-0.25, -0.2) is 9.97 Å². The molecule has 2 saturated carbocycles. The molecule has 3 aliphatic carbocycles. The number of halogens is 1. The van der Waals surface area contributed by atoms with Crippen LogP contribution in [0.15, 0.2) is 0 Å². The van der Waals surface area contributed by atoms with Gasteiger partial charge < -0.3 is 0 Å². The summed E-state index contributed by atoms with van der Waals surface area (Å²) < 4.78 is 0. The predicted octanol–water partition coefficient (Wildman–Crippen LogP) is 3.83. The summed E-state index contributed by atoms with van der Waals surface area (Å²) in [5.41, 5.74) is 2.29. The van der Waals surface area contributed by atoms with Gasteiger partial charge in [-0.3, -0.25) is 4.79 Å². The Morgan fingerprint density at radius 2 is 1.95 bits per heavy atom. The van der Waals surface area contributed by atoms with E-state index in [0.717, 1.165) is 36.3 Å². The summed E-state index contributed by atoms with van der Waals surface area (Å²) >= 11 is 6.46. The first kappa shape index (κ1) is 13.7. The molecule has 3 atom stereocenters. The van der Waals surface area contributed by atoms with Crippen molar-refractivity contribution < 1.29 is 4.79 Å². The maximum Gasteiger partial charge on any atom is 0.136 e. The number of nitrogens with zero attached hydrogens (tertiary/aromatic N) is 2. The number of hydrogen-bond donors (Lipinski definition) is 0. The minimum absolute atomic E-state index is 0.00285. The minimum atomic E-state index is -0.00285. The van der Waals surface area contributed by atoms with Crippen LogP contribution in [0.5, 0.6) is 0 Å². The lowest BCUT2D eigenvalue weighted by molar-refractivity contribution is -0.128. The SMILES string of the molecule is C[C@@H]1C(=O)CC[C@]2(C)c3nc(C4CC4)nc(Cl)c3CC[C@@H]12. The minimum Gasteiger partial charge on any atom is -0.299 e. The van der Waals surface area contributed by atoms with Crippen LogP contribution in [-0.2, 0) is 16.6 Å². The molecule has 0 amide bonds. The zero-order valence-corrected chi connectivity index (χ0v) is 13.4. The quantitative estimate of drug-likeness (QED) is 0.741. The third-order valence-corrected chi connectivity index (χ3v) is 6.30. The van der Waals surface area contributed by atoms with Crippen molar-refractivity contribution in [3.8, 4) is 0 Å². The van der Waals surface area contributed by atoms with E-state index in [-0.39, 0.29) is 11.3 Å². The largest absolute Gasteiger partial charge is 0.299 e. The zero-order chi connectivity index (χ0) is 14.8. The van der Waals surface area contributed by atoms with E-state index in [1.165, 1.54) is 12.8 Å². The zero-order valence-electron chi connectivity index (χ0n) is 12.7. The Balaban J connectivity index is 1.84. The summed E-state index contributed by atoms with van der Waals surface area (Å²) in [6, 6.07) is 0. The van der Waals surface area contributed by atoms with Crippen LogP contribution in [0, 0.1) is 11.8 Å². The molecule has 0 aromatic carbocycles. The fraction of sp³-hybridized carbons (Fsp3) is 0.706. The van der Waals surface area contributed by atoms with Crippen LogP contribution in [-0.4, -0.2) is 15.8 Å². The topological polar surface area (TPSA) is 42.9 Å². The fourth-order valence-corrected chi connectivity index (χ4v) is 4.70. The number of hydrogen-bond acceptors (Lipinski definition) is 3. The van der Waals surface area contributed by atoms with Crippen LogP contribution in [0.1, 0.15) is 69.0 Å². The monoisotopic (exact) mass is 304 g/mol. The fourth-order valence-electron chi connectivity index (χ4n) is 4.43. The molecule has 0 spiro atoms. The van der Waals surface area contributed by atoms with Gasteiger partial charge in [0.1, 0.15) is 16.8 Å². The number of aromatic nitrogens is 2. The van der Waals surface area contributed by atoms with Crippen molar-refractivity contribution in [1.82, 2.24) is 9.97 Å². The smallest absolute Gasteiger partial charge is 0.136 e. The van der Waals surface area contributed by atoms with Crippen molar-refractivity contribution in [3.63, 3.8) is 0 Å². The molecule has 1 aromatic rings. The van der Waals surface area contributed by atoms with Crippen LogP contribution in [0.2, 0.25) is 5.15 Å². The lowest BCUT2D eigenvalue weighted by Gasteiger charge is -2.47. The third kappa shape index (κ3) is 1.97. The number of fused-ring (bicyclic) bond motifs is 3. The first-order chi connectivity index (χ1) is 10.0. The Morgan fingerprint density at radius 1 is 1.19 bits per heavy atom. The maximum atomic E-state index is 12.1. The highest BCUT2D eigenvalue weighted by Crippen LogP contribution is 2.52. The van der Waals surface area contributed by atoms with Gasteiger partial charge in [0.05, 0.1) is 5.69 Å². The van der Waals surface area contributed by atoms with E-state index in [4.69, 9.17) is 16.6 Å². The summed E-state index contributed by atoms with van der Waals surface area (Å²) in [6.45, 7) is 4.39. The Kier molecular flexibility index (Phi) is 2.94. The molecule has 1 aromatic heterocycles. The molecular formula is C17H21ClN2O.